The second-order valence-corrected chi connectivity index (χ2v) is 6.62. The first-order valence-electron chi connectivity index (χ1n) is 10.4. The second kappa shape index (κ2) is 14.8. The van der Waals surface area contributed by atoms with Gasteiger partial charge in [-0.15, -0.1) is 0 Å². The van der Waals surface area contributed by atoms with Gasteiger partial charge in [0.1, 0.15) is 17.3 Å². The molecule has 172 valence electrons. The molecule has 0 fully saturated rings. The summed E-state index contributed by atoms with van der Waals surface area (Å²) in [6.45, 7) is 5.94. The second-order valence-electron chi connectivity index (χ2n) is 6.62. The van der Waals surface area contributed by atoms with Crippen LogP contribution in [0.3, 0.4) is 0 Å². The minimum absolute atomic E-state index is 0.236. The molecule has 0 saturated heterocycles. The number of amides is 1. The number of carbonyl (C=O) groups excluding carboxylic acids is 4. The Morgan fingerprint density at radius 3 is 2.32 bits per heavy atom. The van der Waals surface area contributed by atoms with Crippen molar-refractivity contribution in [3.63, 3.8) is 0 Å². The molecule has 0 aliphatic heterocycles. The molecular weight excluding hydrogens is 406 g/mol. The van der Waals surface area contributed by atoms with E-state index in [0.29, 0.717) is 49.7 Å². The number of benzene rings is 1. The Kier molecular flexibility index (Phi) is 12.4. The Balaban J connectivity index is 2.67. The van der Waals surface area contributed by atoms with E-state index in [-0.39, 0.29) is 43.8 Å². The minimum atomic E-state index is -0.464. The Bertz CT molecular complexity index is 747. The van der Waals surface area contributed by atoms with Crippen LogP contribution in [0.5, 0.6) is 11.5 Å². The molecule has 0 saturated carbocycles. The largest absolute Gasteiger partial charge is 0.493 e. The lowest BCUT2D eigenvalue weighted by atomic mass is 10.2. The molecule has 1 aromatic carbocycles. The van der Waals surface area contributed by atoms with Crippen LogP contribution in [0.15, 0.2) is 18.2 Å². The molecule has 31 heavy (non-hydrogen) atoms. The molecule has 1 amide bonds. The van der Waals surface area contributed by atoms with Crippen molar-refractivity contribution in [2.24, 2.45) is 0 Å². The Morgan fingerprint density at radius 1 is 0.903 bits per heavy atom. The molecular formula is C22H31NO8. The fourth-order valence-corrected chi connectivity index (χ4v) is 2.41. The van der Waals surface area contributed by atoms with Crippen molar-refractivity contribution >= 4 is 29.3 Å². The summed E-state index contributed by atoms with van der Waals surface area (Å²) in [5, 5.41) is 2.65. The van der Waals surface area contributed by atoms with Crippen LogP contribution in [0, 0.1) is 0 Å². The maximum Gasteiger partial charge on any atom is 0.305 e. The van der Waals surface area contributed by atoms with Gasteiger partial charge < -0.3 is 24.3 Å². The molecule has 9 heteroatoms. The number of esters is 2. The third-order valence-corrected chi connectivity index (χ3v) is 3.83. The summed E-state index contributed by atoms with van der Waals surface area (Å²) in [5.74, 6) is -0.403. The zero-order valence-corrected chi connectivity index (χ0v) is 18.4. The van der Waals surface area contributed by atoms with Gasteiger partial charge in [-0.2, -0.15) is 0 Å². The van der Waals surface area contributed by atoms with Crippen molar-refractivity contribution in [2.75, 3.05) is 31.7 Å². The molecule has 0 bridgehead atoms. The Labute approximate surface area is 182 Å². The highest BCUT2D eigenvalue weighted by Gasteiger charge is 2.12. The topological polar surface area (TPSA) is 117 Å². The minimum Gasteiger partial charge on any atom is -0.493 e. The van der Waals surface area contributed by atoms with Crippen LogP contribution in [-0.4, -0.2) is 50.1 Å². The molecule has 0 aliphatic rings. The molecule has 0 heterocycles. The van der Waals surface area contributed by atoms with Gasteiger partial charge in [-0.1, -0.05) is 6.92 Å². The lowest BCUT2D eigenvalue weighted by Crippen LogP contribution is -2.16. The van der Waals surface area contributed by atoms with Gasteiger partial charge in [0, 0.05) is 25.3 Å². The van der Waals surface area contributed by atoms with Gasteiger partial charge in [0.15, 0.2) is 0 Å². The number of ether oxygens (including phenoxy) is 4. The van der Waals surface area contributed by atoms with Gasteiger partial charge in [0.2, 0.25) is 5.91 Å². The highest BCUT2D eigenvalue weighted by Crippen LogP contribution is 2.30. The van der Waals surface area contributed by atoms with E-state index in [1.807, 2.05) is 0 Å². The molecule has 0 unspecified atom stereocenters. The van der Waals surface area contributed by atoms with E-state index >= 15 is 0 Å². The smallest absolute Gasteiger partial charge is 0.305 e. The van der Waals surface area contributed by atoms with Gasteiger partial charge in [0.25, 0.3) is 0 Å². The summed E-state index contributed by atoms with van der Waals surface area (Å²) in [5.41, 5.74) is 0.361. The Morgan fingerprint density at radius 2 is 1.65 bits per heavy atom. The fourth-order valence-electron chi connectivity index (χ4n) is 2.41. The van der Waals surface area contributed by atoms with Crippen molar-refractivity contribution in [3.8, 4) is 11.5 Å². The molecule has 1 N–H and O–H groups in total. The normalized spacial score (nSPS) is 10.2. The number of anilines is 1. The maximum atomic E-state index is 12.0. The van der Waals surface area contributed by atoms with Gasteiger partial charge in [-0.05, 0) is 32.4 Å². The van der Waals surface area contributed by atoms with Crippen molar-refractivity contribution in [1.29, 1.82) is 0 Å². The standard InChI is InChI=1S/C22H31NO8/c1-4-21(26)31-13-7-12-30-19-10-9-17(29-11-6-8-22(27)28-5-2)15-18(19)23-20(25)14-16(3)24/h9-10,15H,4-8,11-14H2,1-3H3,(H,23,25). The van der Waals surface area contributed by atoms with E-state index in [4.69, 9.17) is 18.9 Å². The van der Waals surface area contributed by atoms with E-state index in [0.717, 1.165) is 0 Å². The van der Waals surface area contributed by atoms with Gasteiger partial charge in [-0.25, -0.2) is 0 Å². The first-order chi connectivity index (χ1) is 14.8. The summed E-state index contributed by atoms with van der Waals surface area (Å²) < 4.78 is 21.2. The Hall–Kier alpha value is -3.10. The number of hydrogen-bond acceptors (Lipinski definition) is 8. The summed E-state index contributed by atoms with van der Waals surface area (Å²) >= 11 is 0. The molecule has 9 nitrogen and oxygen atoms in total. The van der Waals surface area contributed by atoms with Crippen LogP contribution < -0.4 is 14.8 Å². The maximum absolute atomic E-state index is 12.0. The van der Waals surface area contributed by atoms with E-state index in [1.54, 1.807) is 32.0 Å². The monoisotopic (exact) mass is 437 g/mol. The van der Waals surface area contributed by atoms with E-state index < -0.39 is 5.91 Å². The third-order valence-electron chi connectivity index (χ3n) is 3.83. The number of hydrogen-bond donors (Lipinski definition) is 1. The zero-order chi connectivity index (χ0) is 23.1. The van der Waals surface area contributed by atoms with E-state index in [2.05, 4.69) is 5.32 Å². The number of ketones is 1. The molecule has 1 aromatic rings. The molecule has 1 rings (SSSR count). The van der Waals surface area contributed by atoms with Gasteiger partial charge in [0.05, 0.1) is 38.5 Å². The van der Waals surface area contributed by atoms with Crippen molar-refractivity contribution in [1.82, 2.24) is 0 Å². The van der Waals surface area contributed by atoms with E-state index in [9.17, 15) is 19.2 Å². The third kappa shape index (κ3) is 11.6. The van der Waals surface area contributed by atoms with Crippen LogP contribution in [-0.2, 0) is 28.7 Å². The lowest BCUT2D eigenvalue weighted by Gasteiger charge is -2.15. The van der Waals surface area contributed by atoms with E-state index in [1.165, 1.54) is 6.92 Å². The summed E-state index contributed by atoms with van der Waals surface area (Å²) in [4.78, 5) is 45.7. The summed E-state index contributed by atoms with van der Waals surface area (Å²) in [7, 11) is 0. The first-order valence-corrected chi connectivity index (χ1v) is 10.4. The van der Waals surface area contributed by atoms with Crippen molar-refractivity contribution in [3.05, 3.63) is 18.2 Å². The quantitative estimate of drug-likeness (QED) is 0.253. The number of nitrogens with one attached hydrogen (secondary N) is 1. The number of rotatable bonds is 15. The average Bonchev–Trinajstić information content (AvgIpc) is 2.71. The summed E-state index contributed by atoms with van der Waals surface area (Å²) in [6, 6.07) is 4.91. The predicted molar refractivity (Wildman–Crippen MR) is 113 cm³/mol. The lowest BCUT2D eigenvalue weighted by molar-refractivity contribution is -0.144. The van der Waals surface area contributed by atoms with Crippen LogP contribution in [0.2, 0.25) is 0 Å². The molecule has 0 spiro atoms. The van der Waals surface area contributed by atoms with Crippen LogP contribution in [0.25, 0.3) is 0 Å². The fraction of sp³-hybridized carbons (Fsp3) is 0.545. The zero-order valence-electron chi connectivity index (χ0n) is 18.4. The molecule has 0 aliphatic carbocycles. The van der Waals surface area contributed by atoms with Crippen LogP contribution in [0.1, 0.15) is 52.9 Å². The molecule has 0 radical (unpaired) electrons. The van der Waals surface area contributed by atoms with Crippen LogP contribution in [0.4, 0.5) is 5.69 Å². The molecule has 0 aromatic heterocycles. The highest BCUT2D eigenvalue weighted by atomic mass is 16.5. The predicted octanol–water partition coefficient (Wildman–Crippen LogP) is 3.05. The van der Waals surface area contributed by atoms with Gasteiger partial charge in [-0.3, -0.25) is 19.2 Å². The highest BCUT2D eigenvalue weighted by molar-refractivity contribution is 6.04. The SMILES string of the molecule is CCOC(=O)CCCOc1ccc(OCCCOC(=O)CC)c(NC(=O)CC(C)=O)c1. The average molecular weight is 437 g/mol. The summed E-state index contributed by atoms with van der Waals surface area (Å²) in [6.07, 6.45) is 1.28. The van der Waals surface area contributed by atoms with Crippen molar-refractivity contribution < 1.29 is 38.1 Å². The molecule has 0 atom stereocenters. The first kappa shape index (κ1) is 25.9. The van der Waals surface area contributed by atoms with Gasteiger partial charge >= 0.3 is 11.9 Å². The number of Topliss-reactive ketones (excluding diaryl/α,β-unsaturated/α-hetero) is 1. The van der Waals surface area contributed by atoms with Crippen LogP contribution >= 0.6 is 0 Å². The number of carbonyl (C=O) groups is 4. The van der Waals surface area contributed by atoms with Crippen molar-refractivity contribution in [2.45, 2.75) is 52.9 Å².